The van der Waals surface area contributed by atoms with E-state index in [1.165, 1.54) is 57.8 Å². The van der Waals surface area contributed by atoms with Gasteiger partial charge in [0.05, 0.1) is 0 Å². The van der Waals surface area contributed by atoms with Crippen LogP contribution < -0.4 is 0 Å². The van der Waals surface area contributed by atoms with Crippen LogP contribution in [0.5, 0.6) is 0 Å². The Hall–Kier alpha value is -1.32. The predicted molar refractivity (Wildman–Crippen MR) is 174 cm³/mol. The average molecular weight is 584 g/mol. The molecule has 42 heavy (non-hydrogen) atoms. The maximum absolute atomic E-state index is 13.4. The number of Topliss-reactive ketones (excluding diaryl/α,β-unsaturated/α-hetero) is 1. The molecule has 0 N–H and O–H groups in total. The van der Waals surface area contributed by atoms with Crippen LogP contribution in [0.15, 0.2) is 11.6 Å². The van der Waals surface area contributed by atoms with Crippen molar-refractivity contribution in [1.29, 1.82) is 0 Å². The van der Waals surface area contributed by atoms with Crippen molar-refractivity contribution < 1.29 is 14.3 Å². The lowest BCUT2D eigenvalue weighted by atomic mass is 9.46. The highest BCUT2D eigenvalue weighted by molar-refractivity contribution is 5.75. The number of nitrogens with zero attached hydrogens (tertiary/aromatic N) is 1. The van der Waals surface area contributed by atoms with E-state index in [-0.39, 0.29) is 23.3 Å². The van der Waals surface area contributed by atoms with Crippen LogP contribution >= 0.6 is 0 Å². The lowest BCUT2D eigenvalue weighted by Gasteiger charge is -2.59. The van der Waals surface area contributed by atoms with Gasteiger partial charge in [-0.2, -0.15) is 0 Å². The summed E-state index contributed by atoms with van der Waals surface area (Å²) in [5, 5.41) is 0. The van der Waals surface area contributed by atoms with Crippen molar-refractivity contribution in [3.63, 3.8) is 0 Å². The molecule has 3 saturated carbocycles. The van der Waals surface area contributed by atoms with Gasteiger partial charge in [-0.3, -0.25) is 0 Å². The van der Waals surface area contributed by atoms with Crippen LogP contribution in [0, 0.1) is 46.3 Å². The third kappa shape index (κ3) is 7.31. The maximum Gasteiger partial charge on any atom is 0.410 e. The molecule has 0 radical (unpaired) electrons. The van der Waals surface area contributed by atoms with Gasteiger partial charge in [-0.15, -0.1) is 0 Å². The van der Waals surface area contributed by atoms with E-state index in [1.54, 1.807) is 12.5 Å². The van der Waals surface area contributed by atoms with Gasteiger partial charge in [0.1, 0.15) is 11.4 Å². The first-order valence-electron chi connectivity index (χ1n) is 17.8. The van der Waals surface area contributed by atoms with Gasteiger partial charge in [-0.25, -0.2) is 4.79 Å². The molecule has 4 aliphatic rings. The Kier molecular flexibility index (Phi) is 10.7. The smallest absolute Gasteiger partial charge is 0.410 e. The summed E-state index contributed by atoms with van der Waals surface area (Å²) in [5.41, 5.74) is 1.91. The van der Waals surface area contributed by atoms with Crippen molar-refractivity contribution in [3.8, 4) is 0 Å². The Morgan fingerprint density at radius 3 is 2.38 bits per heavy atom. The summed E-state index contributed by atoms with van der Waals surface area (Å²) < 4.78 is 5.90. The molecule has 0 aromatic heterocycles. The molecule has 1 amide bonds. The molecule has 0 bridgehead atoms. The molecule has 8 atom stereocenters. The van der Waals surface area contributed by atoms with E-state index in [9.17, 15) is 9.59 Å². The van der Waals surface area contributed by atoms with Gasteiger partial charge >= 0.3 is 6.09 Å². The van der Waals surface area contributed by atoms with Crippen LogP contribution in [0.25, 0.3) is 0 Å². The van der Waals surface area contributed by atoms with Crippen LogP contribution in [0.1, 0.15) is 152 Å². The normalized spacial score (nSPS) is 35.1. The standard InChI is InChI=1S/C38H65NO3/c1-26(2)13-12-14-27(3)32-18-19-33-31-17-16-29-25-30(20-22-37(29,8)34(31)21-23-38(32,33)9)39(24-11-10-15-28(4)40)35(41)42-36(5,6)7/h16,26-27,30-34H,10-15,17-25H2,1-9H3/t27?,30-,31?,32+,33?,34?,37-,38+/m0/s1. The first-order chi connectivity index (χ1) is 19.7. The molecule has 4 nitrogen and oxygen atoms in total. The van der Waals surface area contributed by atoms with Gasteiger partial charge in [0.2, 0.25) is 0 Å². The van der Waals surface area contributed by atoms with E-state index in [1.807, 2.05) is 25.7 Å². The first-order valence-corrected chi connectivity index (χ1v) is 17.8. The third-order valence-corrected chi connectivity index (χ3v) is 12.5. The van der Waals surface area contributed by atoms with Crippen molar-refractivity contribution in [1.82, 2.24) is 4.90 Å². The van der Waals surface area contributed by atoms with Crippen molar-refractivity contribution in [2.45, 2.75) is 164 Å². The summed E-state index contributed by atoms with van der Waals surface area (Å²) in [6.45, 7) is 20.8. The van der Waals surface area contributed by atoms with Gasteiger partial charge < -0.3 is 14.4 Å². The Balaban J connectivity index is 1.46. The van der Waals surface area contributed by atoms with Crippen molar-refractivity contribution in [3.05, 3.63) is 11.6 Å². The average Bonchev–Trinajstić information content (AvgIpc) is 3.24. The molecule has 0 aromatic rings. The number of hydrogen-bond acceptors (Lipinski definition) is 3. The monoisotopic (exact) mass is 583 g/mol. The van der Waals surface area contributed by atoms with Crippen LogP contribution in [-0.4, -0.2) is 35.0 Å². The Labute approximate surface area is 259 Å². The minimum Gasteiger partial charge on any atom is -0.444 e. The number of allylic oxidation sites excluding steroid dienone is 1. The number of unbranched alkanes of at least 4 members (excludes halogenated alkanes) is 1. The third-order valence-electron chi connectivity index (χ3n) is 12.5. The number of rotatable bonds is 11. The summed E-state index contributed by atoms with van der Waals surface area (Å²) in [7, 11) is 0. The molecule has 0 saturated heterocycles. The summed E-state index contributed by atoms with van der Waals surface area (Å²) in [6, 6.07) is 0.199. The van der Waals surface area contributed by atoms with Crippen molar-refractivity contribution >= 4 is 11.9 Å². The zero-order valence-corrected chi connectivity index (χ0v) is 28.9. The minimum atomic E-state index is -0.505. The first kappa shape index (κ1) is 33.6. The van der Waals surface area contributed by atoms with Crippen LogP contribution in [-0.2, 0) is 9.53 Å². The summed E-state index contributed by atoms with van der Waals surface area (Å²) in [5.74, 6) is 5.29. The fraction of sp³-hybridized carbons (Fsp3) is 0.895. The fourth-order valence-corrected chi connectivity index (χ4v) is 10.3. The Bertz CT molecular complexity index is 977. The van der Waals surface area contributed by atoms with E-state index < -0.39 is 5.60 Å². The van der Waals surface area contributed by atoms with E-state index >= 15 is 0 Å². The molecule has 4 unspecified atom stereocenters. The lowest BCUT2D eigenvalue weighted by molar-refractivity contribution is -0.117. The molecular formula is C38H65NO3. The SMILES string of the molecule is CC(=O)CCCCN(C(=O)OC(C)(C)C)[C@H]1CC[C@@]2(C)C(=CCC3C2CC[C@@]2(C)C3CC[C@@H]2C(C)CCCC(C)C)C1. The number of carbonyl (C=O) groups is 2. The molecule has 0 spiro atoms. The zero-order chi connectivity index (χ0) is 30.9. The second kappa shape index (κ2) is 13.4. The van der Waals surface area contributed by atoms with Crippen molar-refractivity contribution in [2.75, 3.05) is 6.54 Å². The van der Waals surface area contributed by atoms with Crippen molar-refractivity contribution in [2.24, 2.45) is 46.3 Å². The van der Waals surface area contributed by atoms with E-state index in [2.05, 4.69) is 40.7 Å². The lowest BCUT2D eigenvalue weighted by Crippen LogP contribution is -2.53. The van der Waals surface area contributed by atoms with Crippen LogP contribution in [0.3, 0.4) is 0 Å². The maximum atomic E-state index is 13.4. The molecular weight excluding hydrogens is 518 g/mol. The van der Waals surface area contributed by atoms with Gasteiger partial charge in [-0.05, 0) is 138 Å². The van der Waals surface area contributed by atoms with Crippen LogP contribution in [0.4, 0.5) is 4.79 Å². The second-order valence-electron chi connectivity index (χ2n) is 17.0. The molecule has 240 valence electrons. The van der Waals surface area contributed by atoms with E-state index in [4.69, 9.17) is 4.74 Å². The Morgan fingerprint density at radius 2 is 1.71 bits per heavy atom. The molecule has 0 heterocycles. The largest absolute Gasteiger partial charge is 0.444 e. The number of ketones is 1. The topological polar surface area (TPSA) is 46.6 Å². The zero-order valence-electron chi connectivity index (χ0n) is 28.9. The summed E-state index contributed by atoms with van der Waals surface area (Å²) in [6.07, 6.45) is 19.0. The molecule has 4 rings (SSSR count). The van der Waals surface area contributed by atoms with E-state index in [0.29, 0.717) is 18.4 Å². The Morgan fingerprint density at radius 1 is 0.976 bits per heavy atom. The second-order valence-corrected chi connectivity index (χ2v) is 17.0. The highest BCUT2D eigenvalue weighted by Crippen LogP contribution is 2.67. The molecule has 4 heteroatoms. The summed E-state index contributed by atoms with van der Waals surface area (Å²) in [4.78, 5) is 27.0. The number of amides is 1. The van der Waals surface area contributed by atoms with E-state index in [0.717, 1.165) is 61.2 Å². The number of carbonyl (C=O) groups excluding carboxylic acids is 2. The molecule has 0 aromatic carbocycles. The molecule has 4 aliphatic carbocycles. The van der Waals surface area contributed by atoms with Gasteiger partial charge in [-0.1, -0.05) is 65.5 Å². The van der Waals surface area contributed by atoms with Gasteiger partial charge in [0.15, 0.2) is 0 Å². The van der Waals surface area contributed by atoms with Gasteiger partial charge in [0, 0.05) is 19.0 Å². The highest BCUT2D eigenvalue weighted by Gasteiger charge is 2.59. The number of fused-ring (bicyclic) bond motifs is 5. The van der Waals surface area contributed by atoms with Gasteiger partial charge in [0.25, 0.3) is 0 Å². The minimum absolute atomic E-state index is 0.179. The van der Waals surface area contributed by atoms with Crippen LogP contribution in [0.2, 0.25) is 0 Å². The fourth-order valence-electron chi connectivity index (χ4n) is 10.3. The molecule has 3 fully saturated rings. The molecule has 0 aliphatic heterocycles. The number of ether oxygens (including phenoxy) is 1. The number of hydrogen-bond donors (Lipinski definition) is 0. The quantitative estimate of drug-likeness (QED) is 0.179. The summed E-state index contributed by atoms with van der Waals surface area (Å²) >= 11 is 0. The predicted octanol–water partition coefficient (Wildman–Crippen LogP) is 10.4. The highest BCUT2D eigenvalue weighted by atomic mass is 16.6.